The molecule has 86 valence electrons. The van der Waals surface area contributed by atoms with E-state index in [-0.39, 0.29) is 24.5 Å². The number of esters is 1. The average molecular weight is 226 g/mol. The van der Waals surface area contributed by atoms with Crippen LogP contribution in [-0.2, 0) is 9.53 Å². The molecule has 0 atom stereocenters. The minimum atomic E-state index is -0.211. The molecule has 0 spiro atoms. The van der Waals surface area contributed by atoms with Gasteiger partial charge in [-0.05, 0) is 32.9 Å². The predicted octanol–water partition coefficient (Wildman–Crippen LogP) is 0.722. The molecular weight excluding hydrogens is 206 g/mol. The van der Waals surface area contributed by atoms with Crippen LogP contribution in [0.3, 0.4) is 0 Å². The number of carbonyl (C=O) groups is 1. The van der Waals surface area contributed by atoms with Gasteiger partial charge in [0.15, 0.2) is 0 Å². The van der Waals surface area contributed by atoms with Crippen molar-refractivity contribution in [1.29, 1.82) is 0 Å². The summed E-state index contributed by atoms with van der Waals surface area (Å²) in [5.74, 6) is -0.211. The number of nitrogens with one attached hydrogen (secondary N) is 1. The van der Waals surface area contributed by atoms with Crippen molar-refractivity contribution in [2.45, 2.75) is 32.8 Å². The van der Waals surface area contributed by atoms with E-state index in [1.54, 1.807) is 6.92 Å². The number of rotatable bonds is 1. The van der Waals surface area contributed by atoms with Crippen molar-refractivity contribution in [3.8, 4) is 0 Å². The molecule has 0 aromatic rings. The maximum absolute atomic E-state index is 9.82. The molecule has 1 aliphatic heterocycles. The highest BCUT2D eigenvalue weighted by Gasteiger charge is 2.06. The summed E-state index contributed by atoms with van der Waals surface area (Å²) in [4.78, 5) is 9.82. The van der Waals surface area contributed by atoms with Crippen LogP contribution in [0.2, 0.25) is 0 Å². The first-order valence-corrected chi connectivity index (χ1v) is 4.69. The molecule has 0 saturated carbocycles. The van der Waals surface area contributed by atoms with Gasteiger partial charge in [0.25, 0.3) is 0 Å². The first-order chi connectivity index (χ1) is 6.16. The lowest BCUT2D eigenvalue weighted by atomic mass is 10.1. The Hall–Kier alpha value is -0.320. The van der Waals surface area contributed by atoms with Gasteiger partial charge in [-0.25, -0.2) is 0 Å². The van der Waals surface area contributed by atoms with Crippen molar-refractivity contribution in [1.82, 2.24) is 5.32 Å². The predicted molar refractivity (Wildman–Crippen MR) is 57.7 cm³/mol. The SMILES string of the molecule is CCOC(C)=O.Cl.OC1CCNCC1. The quantitative estimate of drug-likeness (QED) is 0.646. The van der Waals surface area contributed by atoms with Gasteiger partial charge in [-0.15, -0.1) is 12.4 Å². The van der Waals surface area contributed by atoms with Crippen molar-refractivity contribution in [3.63, 3.8) is 0 Å². The molecule has 0 unspecified atom stereocenters. The first-order valence-electron chi connectivity index (χ1n) is 4.69. The molecule has 4 nitrogen and oxygen atoms in total. The molecule has 0 amide bonds. The zero-order valence-corrected chi connectivity index (χ0v) is 9.60. The van der Waals surface area contributed by atoms with Crippen LogP contribution in [0.1, 0.15) is 26.7 Å². The topological polar surface area (TPSA) is 58.6 Å². The molecule has 1 saturated heterocycles. The van der Waals surface area contributed by atoms with Gasteiger partial charge in [-0.2, -0.15) is 0 Å². The first kappa shape index (κ1) is 16.1. The Morgan fingerprint density at radius 2 is 2.00 bits per heavy atom. The molecule has 1 rings (SSSR count). The number of ether oxygens (including phenoxy) is 1. The average Bonchev–Trinajstić information content (AvgIpc) is 2.06. The zero-order valence-electron chi connectivity index (χ0n) is 8.78. The fourth-order valence-corrected chi connectivity index (χ4v) is 1.01. The van der Waals surface area contributed by atoms with E-state index in [0.717, 1.165) is 25.9 Å². The Labute approximate surface area is 91.4 Å². The summed E-state index contributed by atoms with van der Waals surface area (Å²) in [6, 6.07) is 0. The van der Waals surface area contributed by atoms with Gasteiger partial charge in [0.1, 0.15) is 0 Å². The molecule has 1 fully saturated rings. The highest BCUT2D eigenvalue weighted by molar-refractivity contribution is 5.85. The van der Waals surface area contributed by atoms with Crippen LogP contribution in [0, 0.1) is 0 Å². The largest absolute Gasteiger partial charge is 0.466 e. The summed E-state index contributed by atoms with van der Waals surface area (Å²) in [5.41, 5.74) is 0. The van der Waals surface area contributed by atoms with Gasteiger partial charge < -0.3 is 15.2 Å². The van der Waals surface area contributed by atoms with E-state index in [9.17, 15) is 4.79 Å². The summed E-state index contributed by atoms with van der Waals surface area (Å²) < 4.78 is 4.40. The monoisotopic (exact) mass is 225 g/mol. The number of aliphatic hydroxyl groups excluding tert-OH is 1. The second kappa shape index (κ2) is 10.8. The molecular formula is C9H20ClNO3. The van der Waals surface area contributed by atoms with E-state index in [1.165, 1.54) is 6.92 Å². The van der Waals surface area contributed by atoms with Gasteiger partial charge in [0, 0.05) is 6.92 Å². The van der Waals surface area contributed by atoms with Crippen molar-refractivity contribution >= 4 is 18.4 Å². The Kier molecular flexibility index (Phi) is 12.4. The molecule has 1 aliphatic rings. The van der Waals surface area contributed by atoms with Crippen LogP contribution in [0.15, 0.2) is 0 Å². The fourth-order valence-electron chi connectivity index (χ4n) is 1.01. The Morgan fingerprint density at radius 1 is 1.50 bits per heavy atom. The number of halogens is 1. The van der Waals surface area contributed by atoms with Gasteiger partial charge in [-0.3, -0.25) is 4.79 Å². The zero-order chi connectivity index (χ0) is 10.1. The third-order valence-electron chi connectivity index (χ3n) is 1.66. The summed E-state index contributed by atoms with van der Waals surface area (Å²) in [6.07, 6.45) is 1.83. The molecule has 0 aromatic heterocycles. The Bertz CT molecular complexity index is 138. The Morgan fingerprint density at radius 3 is 2.14 bits per heavy atom. The van der Waals surface area contributed by atoms with E-state index >= 15 is 0 Å². The second-order valence-electron chi connectivity index (χ2n) is 2.91. The minimum absolute atomic E-state index is 0. The van der Waals surface area contributed by atoms with Gasteiger partial charge in [0.2, 0.25) is 0 Å². The molecule has 0 radical (unpaired) electrons. The fraction of sp³-hybridized carbons (Fsp3) is 0.889. The summed E-state index contributed by atoms with van der Waals surface area (Å²) in [5, 5.41) is 12.0. The van der Waals surface area contributed by atoms with E-state index in [2.05, 4.69) is 10.1 Å². The normalized spacial score (nSPS) is 15.9. The maximum atomic E-state index is 9.82. The van der Waals surface area contributed by atoms with E-state index in [0.29, 0.717) is 6.61 Å². The molecule has 1 heterocycles. The standard InChI is InChI=1S/C5H11NO.C4H8O2.ClH/c7-5-1-3-6-4-2-5;1-3-6-4(2)5;/h5-7H,1-4H2;3H2,1-2H3;1H. The van der Waals surface area contributed by atoms with E-state index < -0.39 is 0 Å². The van der Waals surface area contributed by atoms with Crippen molar-refractivity contribution in [3.05, 3.63) is 0 Å². The van der Waals surface area contributed by atoms with Crippen LogP contribution in [0.25, 0.3) is 0 Å². The number of aliphatic hydroxyl groups is 1. The van der Waals surface area contributed by atoms with E-state index in [4.69, 9.17) is 5.11 Å². The molecule has 2 N–H and O–H groups in total. The van der Waals surface area contributed by atoms with Crippen molar-refractivity contribution in [2.75, 3.05) is 19.7 Å². The summed E-state index contributed by atoms with van der Waals surface area (Å²) >= 11 is 0. The lowest BCUT2D eigenvalue weighted by molar-refractivity contribution is -0.140. The third-order valence-corrected chi connectivity index (χ3v) is 1.66. The van der Waals surface area contributed by atoms with E-state index in [1.807, 2.05) is 0 Å². The van der Waals surface area contributed by atoms with Crippen molar-refractivity contribution < 1.29 is 14.6 Å². The third kappa shape index (κ3) is 11.7. The summed E-state index contributed by atoms with van der Waals surface area (Å²) in [6.45, 7) is 5.63. The second-order valence-corrected chi connectivity index (χ2v) is 2.91. The van der Waals surface area contributed by atoms with Crippen molar-refractivity contribution in [2.24, 2.45) is 0 Å². The lowest BCUT2D eigenvalue weighted by Crippen LogP contribution is -2.30. The highest BCUT2D eigenvalue weighted by Crippen LogP contribution is 1.99. The van der Waals surface area contributed by atoms with Crippen LogP contribution in [-0.4, -0.2) is 36.9 Å². The Balaban J connectivity index is 0. The lowest BCUT2D eigenvalue weighted by Gasteiger charge is -2.16. The molecule has 0 aromatic carbocycles. The number of carbonyl (C=O) groups excluding carboxylic acids is 1. The van der Waals surface area contributed by atoms with Crippen LogP contribution in [0.4, 0.5) is 0 Å². The van der Waals surface area contributed by atoms with Crippen LogP contribution < -0.4 is 5.32 Å². The van der Waals surface area contributed by atoms with Crippen LogP contribution >= 0.6 is 12.4 Å². The maximum Gasteiger partial charge on any atom is 0.302 e. The summed E-state index contributed by atoms with van der Waals surface area (Å²) in [7, 11) is 0. The number of piperidine rings is 1. The molecule has 0 bridgehead atoms. The number of hydrogen-bond donors (Lipinski definition) is 2. The van der Waals surface area contributed by atoms with Gasteiger partial charge in [0.05, 0.1) is 12.7 Å². The smallest absolute Gasteiger partial charge is 0.302 e. The molecule has 14 heavy (non-hydrogen) atoms. The molecule has 5 heteroatoms. The molecule has 0 aliphatic carbocycles. The van der Waals surface area contributed by atoms with Gasteiger partial charge in [-0.1, -0.05) is 0 Å². The number of hydrogen-bond acceptors (Lipinski definition) is 4. The highest BCUT2D eigenvalue weighted by atomic mass is 35.5. The van der Waals surface area contributed by atoms with Crippen LogP contribution in [0.5, 0.6) is 0 Å². The minimum Gasteiger partial charge on any atom is -0.466 e. The van der Waals surface area contributed by atoms with Gasteiger partial charge >= 0.3 is 5.97 Å².